The number of pyridine rings is 1. The Morgan fingerprint density at radius 3 is 2.85 bits per heavy atom. The lowest BCUT2D eigenvalue weighted by atomic mass is 10.1. The second kappa shape index (κ2) is 9.95. The maximum Gasteiger partial charge on any atom is 0.411 e. The Kier molecular flexibility index (Phi) is 6.31. The van der Waals surface area contributed by atoms with E-state index in [2.05, 4.69) is 20.3 Å². The van der Waals surface area contributed by atoms with Gasteiger partial charge in [-0.2, -0.15) is 0 Å². The smallest absolute Gasteiger partial charge is 0.411 e. The maximum absolute atomic E-state index is 13.3. The molecule has 0 spiro atoms. The number of hydrogen-bond acceptors (Lipinski definition) is 10. The van der Waals surface area contributed by atoms with Crippen LogP contribution in [0.3, 0.4) is 0 Å². The highest BCUT2D eigenvalue weighted by Gasteiger charge is 2.27. The summed E-state index contributed by atoms with van der Waals surface area (Å²) in [5, 5.41) is 3.22. The maximum atomic E-state index is 13.3. The predicted octanol–water partition coefficient (Wildman–Crippen LogP) is 5.45. The fourth-order valence-electron chi connectivity index (χ4n) is 4.31. The van der Waals surface area contributed by atoms with E-state index in [0.717, 1.165) is 55.2 Å². The molecule has 4 heterocycles. The number of halogens is 1. The quantitative estimate of drug-likeness (QED) is 0.306. The van der Waals surface area contributed by atoms with Gasteiger partial charge in [-0.1, -0.05) is 0 Å². The third-order valence-corrected chi connectivity index (χ3v) is 7.13. The van der Waals surface area contributed by atoms with Crippen LogP contribution in [0.4, 0.5) is 14.9 Å². The van der Waals surface area contributed by atoms with Crippen molar-refractivity contribution in [2.24, 2.45) is 0 Å². The minimum absolute atomic E-state index is 0.0591. The lowest BCUT2D eigenvalue weighted by molar-refractivity contribution is 0.0383. The number of aryl methyl sites for hydroxylation is 2. The molecular weight excluding hydrogens is 525 g/mol. The fourth-order valence-corrected chi connectivity index (χ4v) is 5.46. The third kappa shape index (κ3) is 4.86. The Bertz CT molecular complexity index is 1740. The fraction of sp³-hybridized carbons (Fsp3) is 0.222. The van der Waals surface area contributed by atoms with Gasteiger partial charge in [-0.05, 0) is 43.2 Å². The van der Waals surface area contributed by atoms with E-state index < -0.39 is 18.0 Å². The van der Waals surface area contributed by atoms with E-state index >= 15 is 0 Å². The topological polar surface area (TPSA) is 118 Å². The number of ether oxygens (including phenoxy) is 4. The highest BCUT2D eigenvalue weighted by molar-refractivity contribution is 7.22. The summed E-state index contributed by atoms with van der Waals surface area (Å²) in [4.78, 5) is 29.9. The van der Waals surface area contributed by atoms with Crippen LogP contribution in [0.25, 0.3) is 31.8 Å². The molecule has 0 fully saturated rings. The van der Waals surface area contributed by atoms with E-state index in [4.69, 9.17) is 23.9 Å². The van der Waals surface area contributed by atoms with Crippen molar-refractivity contribution in [2.45, 2.75) is 20.0 Å². The molecule has 0 unspecified atom stereocenters. The lowest BCUT2D eigenvalue weighted by Crippen LogP contribution is -2.35. The van der Waals surface area contributed by atoms with Gasteiger partial charge in [0.2, 0.25) is 5.88 Å². The van der Waals surface area contributed by atoms with E-state index in [-0.39, 0.29) is 18.9 Å². The number of thiazole rings is 1. The van der Waals surface area contributed by atoms with Crippen molar-refractivity contribution in [1.29, 1.82) is 0 Å². The molecule has 0 aliphatic carbocycles. The number of hydrogen-bond donors (Lipinski definition) is 1. The summed E-state index contributed by atoms with van der Waals surface area (Å²) in [5.41, 5.74) is 5.27. The van der Waals surface area contributed by atoms with Crippen molar-refractivity contribution in [3.63, 3.8) is 0 Å². The first-order chi connectivity index (χ1) is 18.9. The molecule has 0 saturated heterocycles. The molecule has 0 radical (unpaired) electrons. The highest BCUT2D eigenvalue weighted by atomic mass is 32.1. The van der Waals surface area contributed by atoms with Crippen molar-refractivity contribution in [3.05, 3.63) is 59.8 Å². The van der Waals surface area contributed by atoms with Crippen molar-refractivity contribution in [2.75, 3.05) is 25.6 Å². The number of methoxy groups -OCH3 is 1. The molecule has 12 heteroatoms. The normalized spacial score (nSPS) is 14.4. The van der Waals surface area contributed by atoms with Gasteiger partial charge in [-0.25, -0.2) is 24.1 Å². The minimum Gasteiger partial charge on any atom is -0.484 e. The Morgan fingerprint density at radius 1 is 1.15 bits per heavy atom. The highest BCUT2D eigenvalue weighted by Crippen LogP contribution is 2.46. The van der Waals surface area contributed by atoms with Gasteiger partial charge < -0.3 is 18.9 Å². The van der Waals surface area contributed by atoms with Crippen LogP contribution in [0.2, 0.25) is 0 Å². The van der Waals surface area contributed by atoms with Crippen LogP contribution in [0, 0.1) is 19.7 Å². The van der Waals surface area contributed by atoms with E-state index in [1.807, 2.05) is 32.0 Å². The second-order valence-corrected chi connectivity index (χ2v) is 9.98. The van der Waals surface area contributed by atoms with Crippen LogP contribution in [-0.4, -0.2) is 52.5 Å². The Balaban J connectivity index is 1.24. The molecule has 39 heavy (non-hydrogen) atoms. The van der Waals surface area contributed by atoms with Crippen molar-refractivity contribution < 1.29 is 28.1 Å². The standard InChI is InChI=1S/C27H22FN5O5S/c1-13-4-18(23-19(5-13)32-21(35-3)10-30-23)26-33-22-14(2)6-20-24(25(22)39-26)36-11-17(38-20)12-37-27(34)31-16-7-15(28)8-29-9-16/h4-10,17H,11-12H2,1-3H3,(H,31,34)/t17-/m1/s1. The SMILES string of the molecule is COc1cnc2c(-c3nc4c(C)cc5c(c4s3)OC[C@H](COC(=O)Nc3cncc(F)c3)O5)cc(C)cc2n1. The number of benzene rings is 2. The summed E-state index contributed by atoms with van der Waals surface area (Å²) >= 11 is 1.49. The number of carbonyl (C=O) groups is 1. The molecule has 1 amide bonds. The van der Waals surface area contributed by atoms with E-state index in [1.165, 1.54) is 17.5 Å². The second-order valence-electron chi connectivity index (χ2n) is 8.98. The first-order valence-electron chi connectivity index (χ1n) is 12.0. The molecule has 1 aliphatic rings. The van der Waals surface area contributed by atoms with Crippen LogP contribution >= 0.6 is 11.3 Å². The summed E-state index contributed by atoms with van der Waals surface area (Å²) in [7, 11) is 1.56. The summed E-state index contributed by atoms with van der Waals surface area (Å²) in [6, 6.07) is 7.01. The molecule has 1 N–H and O–H groups in total. The Morgan fingerprint density at radius 2 is 2.03 bits per heavy atom. The van der Waals surface area contributed by atoms with E-state index in [1.54, 1.807) is 13.3 Å². The molecule has 1 atom stereocenters. The van der Waals surface area contributed by atoms with Gasteiger partial charge in [-0.3, -0.25) is 10.3 Å². The number of nitrogens with zero attached hydrogens (tertiary/aromatic N) is 4. The van der Waals surface area contributed by atoms with E-state index in [9.17, 15) is 9.18 Å². The molecule has 2 aromatic carbocycles. The molecule has 3 aromatic heterocycles. The van der Waals surface area contributed by atoms with Crippen LogP contribution < -0.4 is 19.5 Å². The number of amides is 1. The largest absolute Gasteiger partial charge is 0.484 e. The minimum atomic E-state index is -0.748. The first kappa shape index (κ1) is 24.7. The zero-order valence-corrected chi connectivity index (χ0v) is 22.0. The summed E-state index contributed by atoms with van der Waals surface area (Å²) in [6.07, 6.45) is 2.68. The van der Waals surface area contributed by atoms with Crippen LogP contribution in [0.15, 0.2) is 42.9 Å². The van der Waals surface area contributed by atoms with Gasteiger partial charge >= 0.3 is 6.09 Å². The van der Waals surface area contributed by atoms with Gasteiger partial charge in [-0.15, -0.1) is 11.3 Å². The molecule has 198 valence electrons. The Hall–Kier alpha value is -4.58. The van der Waals surface area contributed by atoms with Gasteiger partial charge in [0.1, 0.15) is 28.7 Å². The van der Waals surface area contributed by atoms with Crippen LogP contribution in [0.5, 0.6) is 17.4 Å². The first-order valence-corrected chi connectivity index (χ1v) is 12.8. The van der Waals surface area contributed by atoms with Crippen molar-refractivity contribution >= 4 is 44.4 Å². The number of rotatable bonds is 5. The zero-order valence-electron chi connectivity index (χ0n) is 21.1. The zero-order chi connectivity index (χ0) is 27.1. The van der Waals surface area contributed by atoms with Gasteiger partial charge in [0.15, 0.2) is 17.6 Å². The average Bonchev–Trinajstić information content (AvgIpc) is 3.37. The van der Waals surface area contributed by atoms with Gasteiger partial charge in [0.05, 0.1) is 47.9 Å². The van der Waals surface area contributed by atoms with Crippen LogP contribution in [-0.2, 0) is 4.74 Å². The third-order valence-electron chi connectivity index (χ3n) is 6.05. The number of nitrogens with one attached hydrogen (secondary N) is 1. The molecule has 1 aliphatic heterocycles. The molecule has 10 nitrogen and oxygen atoms in total. The van der Waals surface area contributed by atoms with Crippen molar-refractivity contribution in [3.8, 4) is 28.0 Å². The predicted molar refractivity (Wildman–Crippen MR) is 143 cm³/mol. The van der Waals surface area contributed by atoms with Gasteiger partial charge in [0.25, 0.3) is 0 Å². The average molecular weight is 548 g/mol. The number of aromatic nitrogens is 4. The number of anilines is 1. The summed E-state index contributed by atoms with van der Waals surface area (Å²) in [6.45, 7) is 4.07. The Labute approximate surface area is 225 Å². The summed E-state index contributed by atoms with van der Waals surface area (Å²) < 4.78 is 36.8. The molecule has 5 aromatic rings. The lowest BCUT2D eigenvalue weighted by Gasteiger charge is -2.26. The number of carbonyl (C=O) groups excluding carboxylic acids is 1. The molecular formula is C27H22FN5O5S. The molecule has 0 saturated carbocycles. The molecule has 0 bridgehead atoms. The molecule has 6 rings (SSSR count). The number of fused-ring (bicyclic) bond motifs is 4. The van der Waals surface area contributed by atoms with Crippen LogP contribution in [0.1, 0.15) is 11.1 Å². The van der Waals surface area contributed by atoms with Crippen molar-refractivity contribution in [1.82, 2.24) is 19.9 Å². The summed E-state index contributed by atoms with van der Waals surface area (Å²) in [5.74, 6) is 1.02. The monoisotopic (exact) mass is 547 g/mol. The van der Waals surface area contributed by atoms with Gasteiger partial charge in [0, 0.05) is 11.6 Å². The van der Waals surface area contributed by atoms with E-state index in [0.29, 0.717) is 17.4 Å².